The van der Waals surface area contributed by atoms with Crippen LogP contribution in [0.2, 0.25) is 0 Å². The minimum absolute atomic E-state index is 0.0941. The second-order valence-corrected chi connectivity index (χ2v) is 5.81. The molecule has 1 aromatic carbocycles. The Morgan fingerprint density at radius 2 is 1.96 bits per heavy atom. The highest BCUT2D eigenvalue weighted by Crippen LogP contribution is 2.26. The highest BCUT2D eigenvalue weighted by molar-refractivity contribution is 5.77. The summed E-state index contributed by atoms with van der Waals surface area (Å²) in [6, 6.07) is 11.8. The third kappa shape index (κ3) is 4.20. The van der Waals surface area contributed by atoms with Crippen LogP contribution in [0, 0.1) is 0 Å². The van der Waals surface area contributed by atoms with Crippen LogP contribution in [0.15, 0.2) is 64.1 Å². The molecule has 0 aliphatic carbocycles. The molecule has 7 heteroatoms. The van der Waals surface area contributed by atoms with Gasteiger partial charge in [-0.25, -0.2) is 4.98 Å². The van der Waals surface area contributed by atoms with Gasteiger partial charge in [-0.05, 0) is 30.3 Å². The van der Waals surface area contributed by atoms with Crippen LogP contribution in [-0.2, 0) is 13.7 Å². The first kappa shape index (κ1) is 19.2. The highest BCUT2D eigenvalue weighted by atomic mass is 16.5. The van der Waals surface area contributed by atoms with Crippen molar-refractivity contribution in [1.82, 2.24) is 14.5 Å². The number of benzene rings is 1. The lowest BCUT2D eigenvalue weighted by atomic mass is 10.3. The van der Waals surface area contributed by atoms with Crippen molar-refractivity contribution >= 4 is 11.1 Å². The molecule has 3 heterocycles. The van der Waals surface area contributed by atoms with Crippen molar-refractivity contribution in [3.63, 3.8) is 0 Å². The van der Waals surface area contributed by atoms with Crippen LogP contribution in [0.3, 0.4) is 0 Å². The molecule has 0 unspecified atom stereocenters. The van der Waals surface area contributed by atoms with Gasteiger partial charge in [0.2, 0.25) is 11.4 Å². The molecule has 28 heavy (non-hydrogen) atoms. The normalized spacial score (nSPS) is 10.4. The van der Waals surface area contributed by atoms with E-state index in [-0.39, 0.29) is 17.9 Å². The Hall–Kier alpha value is -3.61. The number of aromatic nitrogens is 3. The maximum Gasteiger partial charge on any atom is 0.250 e. The highest BCUT2D eigenvalue weighted by Gasteiger charge is 2.10. The SMILES string of the molecule is CC.Cn1cc(-c2nc3cc(OCc4ccc(O)cn4)ccc3o2)ccc1=O. The van der Waals surface area contributed by atoms with E-state index in [1.807, 2.05) is 13.8 Å². The summed E-state index contributed by atoms with van der Waals surface area (Å²) in [7, 11) is 1.68. The van der Waals surface area contributed by atoms with Crippen LogP contribution < -0.4 is 10.3 Å². The molecule has 1 N–H and O–H groups in total. The fraction of sp³-hybridized carbons (Fsp3) is 0.190. The summed E-state index contributed by atoms with van der Waals surface area (Å²) >= 11 is 0. The molecule has 0 aliphatic heterocycles. The monoisotopic (exact) mass is 379 g/mol. The standard InChI is InChI=1S/C19H15N3O4.C2H6/c1-22-10-12(2-7-18(22)24)19-21-16-8-15(5-6-17(16)26-19)25-11-13-3-4-14(23)9-20-13;1-2/h2-10,23H,11H2,1H3;1-2H3. The van der Waals surface area contributed by atoms with Crippen LogP contribution in [0.25, 0.3) is 22.6 Å². The molecule has 0 atom stereocenters. The van der Waals surface area contributed by atoms with Crippen LogP contribution in [0.4, 0.5) is 0 Å². The van der Waals surface area contributed by atoms with Gasteiger partial charge in [0.1, 0.15) is 23.6 Å². The predicted octanol–water partition coefficient (Wildman–Crippen LogP) is 3.90. The quantitative estimate of drug-likeness (QED) is 0.578. The predicted molar refractivity (Wildman–Crippen MR) is 106 cm³/mol. The third-order valence-corrected chi connectivity index (χ3v) is 3.89. The Bertz CT molecular complexity index is 1130. The zero-order chi connectivity index (χ0) is 20.1. The van der Waals surface area contributed by atoms with Crippen molar-refractivity contribution in [2.75, 3.05) is 0 Å². The average Bonchev–Trinajstić information content (AvgIpc) is 3.14. The summed E-state index contributed by atoms with van der Waals surface area (Å²) in [6.07, 6.45) is 3.06. The lowest BCUT2D eigenvalue weighted by Gasteiger charge is -2.05. The summed E-state index contributed by atoms with van der Waals surface area (Å²) in [5, 5.41) is 9.25. The number of rotatable bonds is 4. The van der Waals surface area contributed by atoms with Crippen LogP contribution in [-0.4, -0.2) is 19.6 Å². The number of aromatic hydroxyl groups is 1. The van der Waals surface area contributed by atoms with Gasteiger partial charge in [0.15, 0.2) is 5.58 Å². The van der Waals surface area contributed by atoms with Gasteiger partial charge in [-0.1, -0.05) is 13.8 Å². The van der Waals surface area contributed by atoms with Crippen molar-refractivity contribution in [3.05, 3.63) is 70.9 Å². The Labute approximate surface area is 161 Å². The molecule has 0 radical (unpaired) electrons. The van der Waals surface area contributed by atoms with Gasteiger partial charge in [0, 0.05) is 25.4 Å². The van der Waals surface area contributed by atoms with E-state index in [4.69, 9.17) is 9.15 Å². The lowest BCUT2D eigenvalue weighted by molar-refractivity contribution is 0.301. The molecule has 0 aliphatic rings. The maximum atomic E-state index is 11.5. The zero-order valence-corrected chi connectivity index (χ0v) is 15.9. The topological polar surface area (TPSA) is 90.4 Å². The smallest absolute Gasteiger partial charge is 0.250 e. The first-order valence-corrected chi connectivity index (χ1v) is 8.93. The Morgan fingerprint density at radius 3 is 2.68 bits per heavy atom. The third-order valence-electron chi connectivity index (χ3n) is 3.89. The van der Waals surface area contributed by atoms with Gasteiger partial charge < -0.3 is 18.8 Å². The molecule has 144 valence electrons. The number of oxazole rings is 1. The van der Waals surface area contributed by atoms with Gasteiger partial charge in [0.05, 0.1) is 17.5 Å². The Morgan fingerprint density at radius 1 is 1.14 bits per heavy atom. The molecular weight excluding hydrogens is 358 g/mol. The van der Waals surface area contributed by atoms with E-state index in [1.165, 1.54) is 16.8 Å². The van der Waals surface area contributed by atoms with Gasteiger partial charge >= 0.3 is 0 Å². The number of fused-ring (bicyclic) bond motifs is 1. The summed E-state index contributed by atoms with van der Waals surface area (Å²) in [5.74, 6) is 1.18. The Kier molecular flexibility index (Phi) is 5.74. The average molecular weight is 379 g/mol. The molecule has 0 spiro atoms. The van der Waals surface area contributed by atoms with E-state index < -0.39 is 0 Å². The van der Waals surface area contributed by atoms with E-state index in [0.29, 0.717) is 28.4 Å². The van der Waals surface area contributed by atoms with E-state index in [1.54, 1.807) is 49.6 Å². The van der Waals surface area contributed by atoms with Crippen LogP contribution in [0.5, 0.6) is 11.5 Å². The van der Waals surface area contributed by atoms with Crippen LogP contribution in [0.1, 0.15) is 19.5 Å². The molecule has 0 bridgehead atoms. The first-order chi connectivity index (χ1) is 13.6. The van der Waals surface area contributed by atoms with Crippen molar-refractivity contribution in [2.24, 2.45) is 7.05 Å². The molecule has 4 rings (SSSR count). The molecule has 0 saturated heterocycles. The molecule has 0 amide bonds. The van der Waals surface area contributed by atoms with E-state index in [9.17, 15) is 9.90 Å². The Balaban J connectivity index is 0.00000109. The van der Waals surface area contributed by atoms with Crippen molar-refractivity contribution in [3.8, 4) is 23.0 Å². The molecule has 4 aromatic rings. The molecule has 0 fully saturated rings. The van der Waals surface area contributed by atoms with Crippen molar-refractivity contribution in [1.29, 1.82) is 0 Å². The number of hydrogen-bond donors (Lipinski definition) is 1. The van der Waals surface area contributed by atoms with E-state index in [0.717, 1.165) is 5.56 Å². The van der Waals surface area contributed by atoms with Gasteiger partial charge in [-0.2, -0.15) is 0 Å². The molecular formula is C21H21N3O4. The first-order valence-electron chi connectivity index (χ1n) is 8.93. The molecule has 0 saturated carbocycles. The second-order valence-electron chi connectivity index (χ2n) is 5.81. The van der Waals surface area contributed by atoms with Gasteiger partial charge in [-0.15, -0.1) is 0 Å². The minimum atomic E-state index is -0.0941. The summed E-state index contributed by atoms with van der Waals surface area (Å²) in [6.45, 7) is 4.28. The zero-order valence-electron chi connectivity index (χ0n) is 15.9. The summed E-state index contributed by atoms with van der Waals surface area (Å²) in [5.41, 5.74) is 2.62. The second kappa shape index (κ2) is 8.39. The van der Waals surface area contributed by atoms with Crippen molar-refractivity contribution in [2.45, 2.75) is 20.5 Å². The fourth-order valence-corrected chi connectivity index (χ4v) is 2.50. The molecule has 3 aromatic heterocycles. The maximum absolute atomic E-state index is 11.5. The summed E-state index contributed by atoms with van der Waals surface area (Å²) in [4.78, 5) is 20.1. The lowest BCUT2D eigenvalue weighted by Crippen LogP contribution is -2.13. The summed E-state index contributed by atoms with van der Waals surface area (Å²) < 4.78 is 13.0. The van der Waals surface area contributed by atoms with Gasteiger partial charge in [-0.3, -0.25) is 9.78 Å². The largest absolute Gasteiger partial charge is 0.506 e. The molecule has 7 nitrogen and oxygen atoms in total. The van der Waals surface area contributed by atoms with E-state index in [2.05, 4.69) is 9.97 Å². The van der Waals surface area contributed by atoms with Crippen molar-refractivity contribution < 1.29 is 14.3 Å². The van der Waals surface area contributed by atoms with Gasteiger partial charge in [0.25, 0.3) is 0 Å². The van der Waals surface area contributed by atoms with Crippen LogP contribution >= 0.6 is 0 Å². The number of ether oxygens (including phenoxy) is 1. The number of nitrogens with zero attached hydrogens (tertiary/aromatic N) is 3. The number of hydrogen-bond acceptors (Lipinski definition) is 6. The van der Waals surface area contributed by atoms with E-state index >= 15 is 0 Å². The number of aryl methyl sites for hydroxylation is 1. The minimum Gasteiger partial charge on any atom is -0.506 e. The fourth-order valence-electron chi connectivity index (χ4n) is 2.50. The number of pyridine rings is 2.